The topological polar surface area (TPSA) is 102 Å². The number of benzene rings is 2. The minimum atomic E-state index is -0.594. The van der Waals surface area contributed by atoms with Crippen molar-refractivity contribution in [3.8, 4) is 0 Å². The first-order valence-electron chi connectivity index (χ1n) is 11.2. The molecule has 8 nitrogen and oxygen atoms in total. The van der Waals surface area contributed by atoms with Crippen LogP contribution in [-0.2, 0) is 16.1 Å². The number of hydrogen-bond donors (Lipinski definition) is 1. The summed E-state index contributed by atoms with van der Waals surface area (Å²) in [5.74, 6) is 0.190. The van der Waals surface area contributed by atoms with E-state index in [9.17, 15) is 9.59 Å². The largest absolute Gasteiger partial charge is 0.385 e. The van der Waals surface area contributed by atoms with Crippen molar-refractivity contribution in [3.63, 3.8) is 0 Å². The van der Waals surface area contributed by atoms with Gasteiger partial charge in [-0.3, -0.25) is 9.59 Å². The summed E-state index contributed by atoms with van der Waals surface area (Å²) >= 11 is 7.50. The monoisotopic (exact) mass is 509 g/mol. The number of carbonyl (C=O) groups excluding carboxylic acids is 2. The Morgan fingerprint density at radius 3 is 2.89 bits per heavy atom. The molecule has 0 radical (unpaired) electrons. The number of rotatable bonds is 6. The van der Waals surface area contributed by atoms with Crippen molar-refractivity contribution in [2.75, 3.05) is 32.5 Å². The van der Waals surface area contributed by atoms with Gasteiger partial charge in [0.1, 0.15) is 18.2 Å². The van der Waals surface area contributed by atoms with E-state index in [0.29, 0.717) is 48.4 Å². The highest BCUT2D eigenvalue weighted by atomic mass is 35.5. The smallest absolute Gasteiger partial charge is 0.264 e. The molecule has 4 aromatic rings. The summed E-state index contributed by atoms with van der Waals surface area (Å²) in [5, 5.41) is 2.37. The molecule has 2 aromatic carbocycles. The first-order chi connectivity index (χ1) is 16.9. The van der Waals surface area contributed by atoms with Crippen LogP contribution in [-0.4, -0.2) is 64.4 Å². The number of nitrogen functional groups attached to an aromatic ring is 1. The third kappa shape index (κ3) is 4.67. The second-order valence-corrected chi connectivity index (χ2v) is 9.98. The van der Waals surface area contributed by atoms with E-state index in [2.05, 4.69) is 9.97 Å². The number of hydrogen-bond acceptors (Lipinski definition) is 7. The Hall–Kier alpha value is -3.27. The number of nitrogens with zero attached hydrogens (tertiary/aromatic N) is 4. The van der Waals surface area contributed by atoms with Gasteiger partial charge in [-0.15, -0.1) is 11.3 Å². The number of piperazine rings is 1. The highest BCUT2D eigenvalue weighted by molar-refractivity contribution is 7.20. The van der Waals surface area contributed by atoms with Crippen molar-refractivity contribution in [3.05, 3.63) is 64.3 Å². The third-order valence-corrected chi connectivity index (χ3v) is 7.56. The molecule has 5 rings (SSSR count). The Morgan fingerprint density at radius 2 is 2.06 bits per heavy atom. The van der Waals surface area contributed by atoms with Crippen molar-refractivity contribution in [2.24, 2.45) is 0 Å². The molecule has 180 valence electrons. The van der Waals surface area contributed by atoms with Gasteiger partial charge in [0.25, 0.3) is 5.91 Å². The minimum Gasteiger partial charge on any atom is -0.385 e. The average Bonchev–Trinajstić information content (AvgIpc) is 3.27. The van der Waals surface area contributed by atoms with Crippen LogP contribution in [0.5, 0.6) is 0 Å². The molecule has 2 aromatic heterocycles. The van der Waals surface area contributed by atoms with E-state index in [1.165, 1.54) is 17.7 Å². The molecule has 3 heterocycles. The van der Waals surface area contributed by atoms with Crippen LogP contribution in [0.15, 0.2) is 48.8 Å². The quantitative estimate of drug-likeness (QED) is 0.422. The molecule has 35 heavy (non-hydrogen) atoms. The van der Waals surface area contributed by atoms with E-state index >= 15 is 0 Å². The second-order valence-electron chi connectivity index (χ2n) is 8.46. The Labute approximate surface area is 211 Å². The maximum absolute atomic E-state index is 13.5. The molecule has 1 aliphatic heterocycles. The zero-order valence-corrected chi connectivity index (χ0v) is 20.7. The van der Waals surface area contributed by atoms with Crippen molar-refractivity contribution >= 4 is 61.6 Å². The molecule has 1 fully saturated rings. The van der Waals surface area contributed by atoms with Gasteiger partial charge in [0, 0.05) is 54.9 Å². The molecule has 0 saturated carbocycles. The number of nitrogens with two attached hydrogens (primary N) is 1. The van der Waals surface area contributed by atoms with Crippen molar-refractivity contribution < 1.29 is 14.3 Å². The summed E-state index contributed by atoms with van der Waals surface area (Å²) in [5.41, 5.74) is 7.60. The van der Waals surface area contributed by atoms with Gasteiger partial charge in [-0.1, -0.05) is 23.7 Å². The molecule has 0 bridgehead atoms. The number of aromatic nitrogens is 2. The maximum Gasteiger partial charge on any atom is 0.264 e. The van der Waals surface area contributed by atoms with Crippen LogP contribution >= 0.6 is 22.9 Å². The standard InChI is InChI=1S/C25H24ClN5O3S/c1-34-9-6-20-24(32)30(13-15-2-5-18-19(10-15)28-14-29-23(18)27)7-8-31(20)25(33)22-11-16-3-4-17(26)12-21(16)35-22/h2-5,10-12,14,20H,6-9,13H2,1H3,(H2,27,28,29)/t20-/m0/s1. The summed E-state index contributed by atoms with van der Waals surface area (Å²) in [6.45, 7) is 1.68. The van der Waals surface area contributed by atoms with Crippen molar-refractivity contribution in [1.82, 2.24) is 19.8 Å². The number of fused-ring (bicyclic) bond motifs is 2. The van der Waals surface area contributed by atoms with Crippen LogP contribution in [0.2, 0.25) is 5.02 Å². The predicted octanol–water partition coefficient (Wildman–Crippen LogP) is 3.97. The van der Waals surface area contributed by atoms with Gasteiger partial charge in [0.2, 0.25) is 5.91 Å². The molecule has 0 spiro atoms. The normalized spacial score (nSPS) is 16.4. The SMILES string of the molecule is COCC[C@H]1C(=O)N(Cc2ccc3c(N)ncnc3c2)CCN1C(=O)c1cc2ccc(Cl)cc2s1. The fourth-order valence-electron chi connectivity index (χ4n) is 4.44. The lowest BCUT2D eigenvalue weighted by Crippen LogP contribution is -2.58. The Balaban J connectivity index is 1.37. The molecule has 1 aliphatic rings. The Morgan fingerprint density at radius 1 is 1.20 bits per heavy atom. The number of halogens is 1. The van der Waals surface area contributed by atoms with Crippen LogP contribution < -0.4 is 5.73 Å². The fraction of sp³-hybridized carbons (Fsp3) is 0.280. The number of ether oxygens (including phenoxy) is 1. The van der Waals surface area contributed by atoms with Crippen molar-refractivity contribution in [1.29, 1.82) is 0 Å². The Kier molecular flexibility index (Phi) is 6.55. The van der Waals surface area contributed by atoms with E-state index in [-0.39, 0.29) is 11.8 Å². The van der Waals surface area contributed by atoms with E-state index in [1.54, 1.807) is 16.9 Å². The summed E-state index contributed by atoms with van der Waals surface area (Å²) in [6, 6.07) is 12.6. The molecular weight excluding hydrogens is 486 g/mol. The second kappa shape index (κ2) is 9.77. The van der Waals surface area contributed by atoms with Crippen LogP contribution in [0.4, 0.5) is 5.82 Å². The molecule has 10 heteroatoms. The first kappa shape index (κ1) is 23.5. The van der Waals surface area contributed by atoms with Gasteiger partial charge in [0.15, 0.2) is 0 Å². The molecule has 1 atom stereocenters. The number of methoxy groups -OCH3 is 1. The lowest BCUT2D eigenvalue weighted by atomic mass is 10.1. The van der Waals surface area contributed by atoms with Gasteiger partial charge >= 0.3 is 0 Å². The lowest BCUT2D eigenvalue weighted by Gasteiger charge is -2.40. The summed E-state index contributed by atoms with van der Waals surface area (Å²) in [6.07, 6.45) is 1.86. The minimum absolute atomic E-state index is 0.0897. The van der Waals surface area contributed by atoms with Gasteiger partial charge in [-0.05, 0) is 41.3 Å². The highest BCUT2D eigenvalue weighted by Gasteiger charge is 2.38. The summed E-state index contributed by atoms with van der Waals surface area (Å²) in [7, 11) is 1.59. The predicted molar refractivity (Wildman–Crippen MR) is 138 cm³/mol. The molecule has 2 amide bonds. The van der Waals surface area contributed by atoms with Gasteiger partial charge in [-0.2, -0.15) is 0 Å². The average molecular weight is 510 g/mol. The zero-order chi connectivity index (χ0) is 24.5. The van der Waals surface area contributed by atoms with Crippen LogP contribution in [0.3, 0.4) is 0 Å². The molecule has 1 saturated heterocycles. The molecule has 0 aliphatic carbocycles. The summed E-state index contributed by atoms with van der Waals surface area (Å²) < 4.78 is 6.20. The van der Waals surface area contributed by atoms with E-state index in [4.69, 9.17) is 22.1 Å². The molecule has 2 N–H and O–H groups in total. The van der Waals surface area contributed by atoms with Gasteiger partial charge in [0.05, 0.1) is 10.4 Å². The van der Waals surface area contributed by atoms with Gasteiger partial charge in [-0.25, -0.2) is 9.97 Å². The summed E-state index contributed by atoms with van der Waals surface area (Å²) in [4.78, 5) is 39.4. The molecule has 0 unspecified atom stereocenters. The highest BCUT2D eigenvalue weighted by Crippen LogP contribution is 2.30. The van der Waals surface area contributed by atoms with Crippen LogP contribution in [0, 0.1) is 0 Å². The number of carbonyl (C=O) groups is 2. The van der Waals surface area contributed by atoms with E-state index < -0.39 is 6.04 Å². The first-order valence-corrected chi connectivity index (χ1v) is 12.4. The lowest BCUT2D eigenvalue weighted by molar-refractivity contribution is -0.141. The van der Waals surface area contributed by atoms with Crippen molar-refractivity contribution in [2.45, 2.75) is 19.0 Å². The maximum atomic E-state index is 13.5. The Bertz CT molecular complexity index is 1430. The van der Waals surface area contributed by atoms with Crippen LogP contribution in [0.1, 0.15) is 21.7 Å². The zero-order valence-electron chi connectivity index (χ0n) is 19.1. The fourth-order valence-corrected chi connectivity index (χ4v) is 5.74. The third-order valence-electron chi connectivity index (χ3n) is 6.24. The number of thiophene rings is 1. The number of anilines is 1. The van der Waals surface area contributed by atoms with Gasteiger partial charge < -0.3 is 20.3 Å². The van der Waals surface area contributed by atoms with Crippen LogP contribution in [0.25, 0.3) is 21.0 Å². The van der Waals surface area contributed by atoms with E-state index in [0.717, 1.165) is 26.6 Å². The molecular formula is C25H24ClN5O3S. The van der Waals surface area contributed by atoms with E-state index in [1.807, 2.05) is 42.5 Å². The number of amides is 2.